The first kappa shape index (κ1) is 13.6. The molecule has 0 aliphatic carbocycles. The van der Waals surface area contributed by atoms with Gasteiger partial charge in [0.05, 0.1) is 24.5 Å². The van der Waals surface area contributed by atoms with E-state index in [4.69, 9.17) is 5.26 Å². The molecular weight excluding hydrogens is 234 g/mol. The van der Waals surface area contributed by atoms with Crippen molar-refractivity contribution in [3.63, 3.8) is 0 Å². The second-order valence-electron chi connectivity index (χ2n) is 5.19. The minimum Gasteiger partial charge on any atom is -0.294 e. The van der Waals surface area contributed by atoms with Crippen LogP contribution in [0.3, 0.4) is 0 Å². The Morgan fingerprint density at radius 2 is 1.95 bits per heavy atom. The summed E-state index contributed by atoms with van der Waals surface area (Å²) in [5.74, 6) is 0.104. The molecule has 0 amide bonds. The van der Waals surface area contributed by atoms with E-state index in [9.17, 15) is 5.26 Å². The van der Waals surface area contributed by atoms with E-state index in [0.717, 1.165) is 32.4 Å². The highest BCUT2D eigenvalue weighted by Crippen LogP contribution is 2.24. The van der Waals surface area contributed by atoms with Crippen molar-refractivity contribution in [1.29, 1.82) is 10.5 Å². The van der Waals surface area contributed by atoms with Crippen molar-refractivity contribution in [3.05, 3.63) is 35.9 Å². The van der Waals surface area contributed by atoms with Gasteiger partial charge in [0.1, 0.15) is 0 Å². The van der Waals surface area contributed by atoms with Crippen LogP contribution in [0.25, 0.3) is 0 Å². The Labute approximate surface area is 115 Å². The van der Waals surface area contributed by atoms with Crippen molar-refractivity contribution in [2.24, 2.45) is 5.92 Å². The zero-order valence-electron chi connectivity index (χ0n) is 11.1. The van der Waals surface area contributed by atoms with Crippen molar-refractivity contribution >= 4 is 0 Å². The first-order valence-corrected chi connectivity index (χ1v) is 6.88. The van der Waals surface area contributed by atoms with E-state index in [2.05, 4.69) is 29.2 Å². The second kappa shape index (κ2) is 6.92. The van der Waals surface area contributed by atoms with Crippen molar-refractivity contribution in [2.75, 3.05) is 6.54 Å². The van der Waals surface area contributed by atoms with Crippen molar-refractivity contribution < 1.29 is 0 Å². The van der Waals surface area contributed by atoms with E-state index < -0.39 is 0 Å². The number of rotatable bonds is 3. The van der Waals surface area contributed by atoms with Gasteiger partial charge in [-0.1, -0.05) is 36.8 Å². The average molecular weight is 253 g/mol. The summed E-state index contributed by atoms with van der Waals surface area (Å²) in [6.07, 6.45) is 3.60. The molecule has 2 rings (SSSR count). The summed E-state index contributed by atoms with van der Waals surface area (Å²) < 4.78 is 0. The van der Waals surface area contributed by atoms with Crippen LogP contribution in [-0.2, 0) is 6.54 Å². The van der Waals surface area contributed by atoms with Crippen molar-refractivity contribution in [1.82, 2.24) is 4.90 Å². The molecule has 1 aliphatic heterocycles. The smallest absolute Gasteiger partial charge is 0.0669 e. The molecule has 0 radical (unpaired) electrons. The number of hydrogen-bond acceptors (Lipinski definition) is 3. The maximum atomic E-state index is 9.17. The largest absolute Gasteiger partial charge is 0.294 e. The molecule has 1 heterocycles. The average Bonchev–Trinajstić information content (AvgIpc) is 2.63. The molecule has 0 spiro atoms. The second-order valence-corrected chi connectivity index (χ2v) is 5.19. The molecular formula is C16H19N3. The normalized spacial score (nSPS) is 24.1. The zero-order chi connectivity index (χ0) is 13.5. The molecule has 1 aromatic carbocycles. The van der Waals surface area contributed by atoms with Gasteiger partial charge in [0, 0.05) is 19.1 Å². The maximum Gasteiger partial charge on any atom is 0.0669 e. The summed E-state index contributed by atoms with van der Waals surface area (Å²) >= 11 is 0. The summed E-state index contributed by atoms with van der Waals surface area (Å²) in [5.41, 5.74) is 1.25. The van der Waals surface area contributed by atoms with Gasteiger partial charge in [-0.25, -0.2) is 0 Å². The fraction of sp³-hybridized carbons (Fsp3) is 0.500. The summed E-state index contributed by atoms with van der Waals surface area (Å²) in [6.45, 7) is 1.63. The lowest BCUT2D eigenvalue weighted by molar-refractivity contribution is 0.182. The molecule has 0 saturated carbocycles. The van der Waals surface area contributed by atoms with Crippen LogP contribution >= 0.6 is 0 Å². The van der Waals surface area contributed by atoms with E-state index in [1.807, 2.05) is 18.2 Å². The first-order chi connectivity index (χ1) is 9.33. The highest BCUT2D eigenvalue weighted by Gasteiger charge is 2.25. The lowest BCUT2D eigenvalue weighted by Crippen LogP contribution is -2.36. The Bertz CT molecular complexity index is 469. The molecule has 1 saturated heterocycles. The third-order valence-corrected chi connectivity index (χ3v) is 3.80. The molecule has 2 unspecified atom stereocenters. The molecule has 3 nitrogen and oxygen atoms in total. The Kier molecular flexibility index (Phi) is 4.95. The molecule has 0 bridgehead atoms. The first-order valence-electron chi connectivity index (χ1n) is 6.88. The van der Waals surface area contributed by atoms with E-state index >= 15 is 0 Å². The van der Waals surface area contributed by atoms with Gasteiger partial charge in [-0.15, -0.1) is 0 Å². The molecule has 0 aromatic heterocycles. The van der Waals surface area contributed by atoms with Crippen LogP contribution < -0.4 is 0 Å². The maximum absolute atomic E-state index is 9.17. The lowest BCUT2D eigenvalue weighted by Gasteiger charge is -2.29. The van der Waals surface area contributed by atoms with Gasteiger partial charge < -0.3 is 0 Å². The van der Waals surface area contributed by atoms with Crippen LogP contribution in [0.2, 0.25) is 0 Å². The Morgan fingerprint density at radius 1 is 1.16 bits per heavy atom. The van der Waals surface area contributed by atoms with Crippen LogP contribution in [0.4, 0.5) is 0 Å². The molecule has 0 N–H and O–H groups in total. The number of hydrogen-bond donors (Lipinski definition) is 0. The van der Waals surface area contributed by atoms with Gasteiger partial charge in [-0.3, -0.25) is 4.90 Å². The third kappa shape index (κ3) is 3.81. The standard InChI is InChI=1S/C16H19N3/c17-10-9-16-8-4-7-15(11-18)13-19(16)12-14-5-2-1-3-6-14/h1-3,5-6,15-16H,4,7-9,12-13H2. The predicted octanol–water partition coefficient (Wildman–Crippen LogP) is 3.09. The molecule has 2 atom stereocenters. The van der Waals surface area contributed by atoms with E-state index in [0.29, 0.717) is 12.5 Å². The third-order valence-electron chi connectivity index (χ3n) is 3.80. The van der Waals surface area contributed by atoms with Crippen LogP contribution in [0, 0.1) is 28.6 Å². The monoisotopic (exact) mass is 253 g/mol. The molecule has 1 fully saturated rings. The van der Waals surface area contributed by atoms with Gasteiger partial charge in [-0.2, -0.15) is 10.5 Å². The van der Waals surface area contributed by atoms with E-state index in [-0.39, 0.29) is 5.92 Å². The van der Waals surface area contributed by atoms with Gasteiger partial charge in [0.15, 0.2) is 0 Å². The topological polar surface area (TPSA) is 50.8 Å². The van der Waals surface area contributed by atoms with E-state index in [1.54, 1.807) is 0 Å². The fourth-order valence-corrected chi connectivity index (χ4v) is 2.76. The Balaban J connectivity index is 2.11. The van der Waals surface area contributed by atoms with Gasteiger partial charge >= 0.3 is 0 Å². The molecule has 1 aromatic rings. The summed E-state index contributed by atoms with van der Waals surface area (Å²) in [6, 6.07) is 15.3. The lowest BCUT2D eigenvalue weighted by atomic mass is 10.0. The van der Waals surface area contributed by atoms with Crippen LogP contribution in [-0.4, -0.2) is 17.5 Å². The van der Waals surface area contributed by atoms with Crippen LogP contribution in [0.15, 0.2) is 30.3 Å². The SMILES string of the molecule is N#CCC1CCCC(C#N)CN1Cc1ccccc1. The highest BCUT2D eigenvalue weighted by atomic mass is 15.2. The van der Waals surface area contributed by atoms with Crippen LogP contribution in [0.1, 0.15) is 31.2 Å². The molecule has 1 aliphatic rings. The quantitative estimate of drug-likeness (QED) is 0.831. The van der Waals surface area contributed by atoms with Gasteiger partial charge in [0.25, 0.3) is 0 Å². The fourth-order valence-electron chi connectivity index (χ4n) is 2.76. The summed E-state index contributed by atoms with van der Waals surface area (Å²) in [5, 5.41) is 18.2. The van der Waals surface area contributed by atoms with E-state index in [1.165, 1.54) is 5.56 Å². The van der Waals surface area contributed by atoms with Gasteiger partial charge in [0.2, 0.25) is 0 Å². The minimum absolute atomic E-state index is 0.104. The molecule has 19 heavy (non-hydrogen) atoms. The highest BCUT2D eigenvalue weighted by molar-refractivity contribution is 5.15. The van der Waals surface area contributed by atoms with Gasteiger partial charge in [-0.05, 0) is 18.4 Å². The van der Waals surface area contributed by atoms with Crippen LogP contribution in [0.5, 0.6) is 0 Å². The predicted molar refractivity (Wildman–Crippen MR) is 73.8 cm³/mol. The summed E-state index contributed by atoms with van der Waals surface area (Å²) in [7, 11) is 0. The number of nitriles is 2. The number of benzene rings is 1. The molecule has 3 heteroatoms. The zero-order valence-corrected chi connectivity index (χ0v) is 11.1. The minimum atomic E-state index is 0.104. The van der Waals surface area contributed by atoms with Crippen molar-refractivity contribution in [2.45, 2.75) is 38.3 Å². The van der Waals surface area contributed by atoms with Crippen molar-refractivity contribution in [3.8, 4) is 12.1 Å². The summed E-state index contributed by atoms with van der Waals surface area (Å²) in [4.78, 5) is 2.32. The molecule has 98 valence electrons. The number of likely N-dealkylation sites (tertiary alicyclic amines) is 1. The number of nitrogens with zero attached hydrogens (tertiary/aromatic N) is 3. The Hall–Kier alpha value is -1.84. The Morgan fingerprint density at radius 3 is 2.63 bits per heavy atom.